The molecule has 0 spiro atoms. The second-order valence-corrected chi connectivity index (χ2v) is 3.55. The highest BCUT2D eigenvalue weighted by molar-refractivity contribution is 7.17. The molecule has 0 aliphatic rings. The zero-order chi connectivity index (χ0) is 9.26. The fourth-order valence-corrected chi connectivity index (χ4v) is 2.14. The SMILES string of the molecule is COc1cc(C#N)cc2ccsc12. The second-order valence-electron chi connectivity index (χ2n) is 2.63. The summed E-state index contributed by atoms with van der Waals surface area (Å²) in [6.07, 6.45) is 0. The van der Waals surface area contributed by atoms with Crippen LogP contribution in [0.4, 0.5) is 0 Å². The van der Waals surface area contributed by atoms with E-state index in [4.69, 9.17) is 10.00 Å². The third-order valence-corrected chi connectivity index (χ3v) is 2.81. The molecule has 0 N–H and O–H groups in total. The molecule has 1 heterocycles. The molecule has 0 aliphatic carbocycles. The van der Waals surface area contributed by atoms with Crippen LogP contribution in [0, 0.1) is 11.3 Å². The molecule has 64 valence electrons. The zero-order valence-corrected chi connectivity index (χ0v) is 7.89. The summed E-state index contributed by atoms with van der Waals surface area (Å²) in [4.78, 5) is 0. The summed E-state index contributed by atoms with van der Waals surface area (Å²) in [6, 6.07) is 7.73. The molecule has 2 nitrogen and oxygen atoms in total. The van der Waals surface area contributed by atoms with Crippen LogP contribution in [0.1, 0.15) is 5.56 Å². The number of thiophene rings is 1. The minimum atomic E-state index is 0.641. The quantitative estimate of drug-likeness (QED) is 0.691. The number of rotatable bonds is 1. The Morgan fingerprint density at radius 3 is 3.00 bits per heavy atom. The van der Waals surface area contributed by atoms with Gasteiger partial charge in [-0.3, -0.25) is 0 Å². The van der Waals surface area contributed by atoms with E-state index in [2.05, 4.69) is 6.07 Å². The largest absolute Gasteiger partial charge is 0.495 e. The number of methoxy groups -OCH3 is 1. The van der Waals surface area contributed by atoms with Crippen LogP contribution in [0.3, 0.4) is 0 Å². The molecule has 0 saturated carbocycles. The van der Waals surface area contributed by atoms with Gasteiger partial charge in [-0.25, -0.2) is 0 Å². The Labute approximate surface area is 80.0 Å². The van der Waals surface area contributed by atoms with Crippen molar-refractivity contribution in [3.63, 3.8) is 0 Å². The van der Waals surface area contributed by atoms with Crippen molar-refractivity contribution in [2.24, 2.45) is 0 Å². The topological polar surface area (TPSA) is 33.0 Å². The van der Waals surface area contributed by atoms with Crippen LogP contribution < -0.4 is 4.74 Å². The van der Waals surface area contributed by atoms with E-state index in [1.807, 2.05) is 17.5 Å². The Morgan fingerprint density at radius 1 is 1.46 bits per heavy atom. The van der Waals surface area contributed by atoms with Crippen molar-refractivity contribution in [3.8, 4) is 11.8 Å². The van der Waals surface area contributed by atoms with E-state index < -0.39 is 0 Å². The first-order valence-corrected chi connectivity index (χ1v) is 4.68. The zero-order valence-electron chi connectivity index (χ0n) is 7.07. The van der Waals surface area contributed by atoms with Crippen LogP contribution in [-0.4, -0.2) is 7.11 Å². The molecule has 0 bridgehead atoms. The minimum absolute atomic E-state index is 0.641. The van der Waals surface area contributed by atoms with Crippen molar-refractivity contribution in [1.29, 1.82) is 5.26 Å². The number of nitrogens with zero attached hydrogens (tertiary/aromatic N) is 1. The van der Waals surface area contributed by atoms with E-state index in [-0.39, 0.29) is 0 Å². The lowest BCUT2D eigenvalue weighted by molar-refractivity contribution is 0.420. The third-order valence-electron chi connectivity index (χ3n) is 1.87. The number of hydrogen-bond donors (Lipinski definition) is 0. The van der Waals surface area contributed by atoms with Crippen molar-refractivity contribution in [2.45, 2.75) is 0 Å². The van der Waals surface area contributed by atoms with Crippen LogP contribution in [0.2, 0.25) is 0 Å². The van der Waals surface area contributed by atoms with Gasteiger partial charge in [0.05, 0.1) is 23.4 Å². The first-order chi connectivity index (χ1) is 6.35. The molecule has 0 saturated heterocycles. The molecule has 13 heavy (non-hydrogen) atoms. The molecule has 0 aliphatic heterocycles. The van der Waals surface area contributed by atoms with Crippen molar-refractivity contribution < 1.29 is 4.74 Å². The summed E-state index contributed by atoms with van der Waals surface area (Å²) in [6.45, 7) is 0. The molecule has 0 atom stereocenters. The molecular formula is C10H7NOS. The van der Waals surface area contributed by atoms with Gasteiger partial charge in [0.25, 0.3) is 0 Å². The van der Waals surface area contributed by atoms with Crippen LogP contribution >= 0.6 is 11.3 Å². The summed E-state index contributed by atoms with van der Waals surface area (Å²) in [5.41, 5.74) is 0.641. The van der Waals surface area contributed by atoms with Gasteiger partial charge in [-0.05, 0) is 29.0 Å². The number of hydrogen-bond acceptors (Lipinski definition) is 3. The standard InChI is InChI=1S/C10H7NOS/c1-12-9-5-7(6-11)4-8-2-3-13-10(8)9/h2-5H,1H3. The highest BCUT2D eigenvalue weighted by Gasteiger charge is 2.04. The maximum atomic E-state index is 8.75. The van der Waals surface area contributed by atoms with E-state index in [1.165, 1.54) is 0 Å². The summed E-state index contributed by atoms with van der Waals surface area (Å²) in [5.74, 6) is 0.782. The Bertz CT molecular complexity index is 481. The number of nitriles is 1. The van der Waals surface area contributed by atoms with Gasteiger partial charge < -0.3 is 4.74 Å². The van der Waals surface area contributed by atoms with Crippen LogP contribution in [0.25, 0.3) is 10.1 Å². The molecule has 2 aromatic rings. The number of benzene rings is 1. The van der Waals surface area contributed by atoms with Gasteiger partial charge in [0.15, 0.2) is 0 Å². The van der Waals surface area contributed by atoms with Crippen molar-refractivity contribution in [3.05, 3.63) is 29.1 Å². The highest BCUT2D eigenvalue weighted by Crippen LogP contribution is 2.31. The molecule has 1 aromatic heterocycles. The smallest absolute Gasteiger partial charge is 0.137 e. The molecule has 1 aromatic carbocycles. The summed E-state index contributed by atoms with van der Waals surface area (Å²) in [7, 11) is 1.62. The summed E-state index contributed by atoms with van der Waals surface area (Å²) < 4.78 is 6.29. The maximum Gasteiger partial charge on any atom is 0.137 e. The van der Waals surface area contributed by atoms with Gasteiger partial charge in [0.1, 0.15) is 5.75 Å². The van der Waals surface area contributed by atoms with Crippen LogP contribution in [0.5, 0.6) is 5.75 Å². The van der Waals surface area contributed by atoms with E-state index in [9.17, 15) is 0 Å². The second kappa shape index (κ2) is 3.08. The first kappa shape index (κ1) is 8.09. The summed E-state index contributed by atoms with van der Waals surface area (Å²) in [5, 5.41) is 11.8. The van der Waals surface area contributed by atoms with Crippen molar-refractivity contribution in [2.75, 3.05) is 7.11 Å². The molecule has 3 heteroatoms. The van der Waals surface area contributed by atoms with E-state index in [0.29, 0.717) is 5.56 Å². The minimum Gasteiger partial charge on any atom is -0.495 e. The van der Waals surface area contributed by atoms with Gasteiger partial charge in [-0.1, -0.05) is 0 Å². The Morgan fingerprint density at radius 2 is 2.31 bits per heavy atom. The van der Waals surface area contributed by atoms with Crippen molar-refractivity contribution in [1.82, 2.24) is 0 Å². The Kier molecular flexibility index (Phi) is 1.91. The normalized spacial score (nSPS) is 9.85. The van der Waals surface area contributed by atoms with Gasteiger partial charge in [0, 0.05) is 0 Å². The molecule has 2 rings (SSSR count). The predicted octanol–water partition coefficient (Wildman–Crippen LogP) is 2.78. The Hall–Kier alpha value is -1.53. The van der Waals surface area contributed by atoms with Crippen molar-refractivity contribution >= 4 is 21.4 Å². The van der Waals surface area contributed by atoms with Gasteiger partial charge >= 0.3 is 0 Å². The van der Waals surface area contributed by atoms with Gasteiger partial charge in [-0.2, -0.15) is 5.26 Å². The lowest BCUT2D eigenvalue weighted by Crippen LogP contribution is -1.83. The third kappa shape index (κ3) is 1.25. The lowest BCUT2D eigenvalue weighted by Gasteiger charge is -2.01. The number of fused-ring (bicyclic) bond motifs is 1. The van der Waals surface area contributed by atoms with E-state index >= 15 is 0 Å². The van der Waals surface area contributed by atoms with Gasteiger partial charge in [-0.15, -0.1) is 11.3 Å². The monoisotopic (exact) mass is 189 g/mol. The average Bonchev–Trinajstić information content (AvgIpc) is 2.63. The van der Waals surface area contributed by atoms with Crippen LogP contribution in [0.15, 0.2) is 23.6 Å². The molecular weight excluding hydrogens is 182 g/mol. The Balaban J connectivity index is 2.79. The average molecular weight is 189 g/mol. The fourth-order valence-electron chi connectivity index (χ4n) is 1.27. The molecule has 0 radical (unpaired) electrons. The fraction of sp³-hybridized carbons (Fsp3) is 0.100. The molecule has 0 unspecified atom stereocenters. The maximum absolute atomic E-state index is 8.75. The highest BCUT2D eigenvalue weighted by atomic mass is 32.1. The number of ether oxygens (including phenoxy) is 1. The predicted molar refractivity (Wildman–Crippen MR) is 53.1 cm³/mol. The summed E-state index contributed by atoms with van der Waals surface area (Å²) >= 11 is 1.62. The molecule has 0 fully saturated rings. The van der Waals surface area contributed by atoms with E-state index in [1.54, 1.807) is 24.5 Å². The van der Waals surface area contributed by atoms with Gasteiger partial charge in [0.2, 0.25) is 0 Å². The lowest BCUT2D eigenvalue weighted by atomic mass is 10.2. The molecule has 0 amide bonds. The van der Waals surface area contributed by atoms with Crippen LogP contribution in [-0.2, 0) is 0 Å². The van der Waals surface area contributed by atoms with E-state index in [0.717, 1.165) is 15.8 Å². The first-order valence-electron chi connectivity index (χ1n) is 3.80.